The van der Waals surface area contributed by atoms with Crippen LogP contribution in [0, 0.1) is 0 Å². The molecule has 134 valence electrons. The van der Waals surface area contributed by atoms with Gasteiger partial charge in [0, 0.05) is 25.5 Å². The SMILES string of the molecule is CN(C)c1ccc(CN=C(N)Nc2cccc3c2CCCC3)cc1.I. The third-order valence-corrected chi connectivity index (χ3v) is 4.54. The van der Waals surface area contributed by atoms with E-state index in [0.717, 1.165) is 17.7 Å². The number of hydrogen-bond acceptors (Lipinski definition) is 2. The number of aliphatic imine (C=N–C) groups is 1. The Morgan fingerprint density at radius 3 is 2.52 bits per heavy atom. The first-order valence-electron chi connectivity index (χ1n) is 8.57. The predicted octanol–water partition coefficient (Wildman–Crippen LogP) is 4.18. The Balaban J connectivity index is 0.00000225. The van der Waals surface area contributed by atoms with Gasteiger partial charge in [0.25, 0.3) is 0 Å². The molecule has 0 aliphatic heterocycles. The van der Waals surface area contributed by atoms with Crippen molar-refractivity contribution in [1.82, 2.24) is 0 Å². The number of nitrogens with two attached hydrogens (primary N) is 1. The van der Waals surface area contributed by atoms with E-state index in [9.17, 15) is 0 Å². The Labute approximate surface area is 167 Å². The Bertz CT molecular complexity index is 723. The molecule has 2 aromatic rings. The molecule has 1 aliphatic carbocycles. The van der Waals surface area contributed by atoms with Gasteiger partial charge in [-0.05, 0) is 60.6 Å². The molecule has 3 rings (SSSR count). The van der Waals surface area contributed by atoms with Crippen LogP contribution >= 0.6 is 24.0 Å². The van der Waals surface area contributed by atoms with Crippen LogP contribution in [0.5, 0.6) is 0 Å². The maximum Gasteiger partial charge on any atom is 0.193 e. The zero-order valence-electron chi connectivity index (χ0n) is 15.0. The van der Waals surface area contributed by atoms with Crippen LogP contribution in [0.25, 0.3) is 0 Å². The zero-order valence-corrected chi connectivity index (χ0v) is 17.3. The lowest BCUT2D eigenvalue weighted by molar-refractivity contribution is 0.687. The van der Waals surface area contributed by atoms with Crippen molar-refractivity contribution in [2.75, 3.05) is 24.3 Å². The first-order valence-corrected chi connectivity index (χ1v) is 8.57. The summed E-state index contributed by atoms with van der Waals surface area (Å²) in [6.07, 6.45) is 4.82. The van der Waals surface area contributed by atoms with Gasteiger partial charge in [0.15, 0.2) is 5.96 Å². The highest BCUT2D eigenvalue weighted by atomic mass is 127. The molecular formula is C20H27IN4. The number of hydrogen-bond donors (Lipinski definition) is 2. The molecule has 4 nitrogen and oxygen atoms in total. The lowest BCUT2D eigenvalue weighted by atomic mass is 9.90. The second-order valence-corrected chi connectivity index (χ2v) is 6.54. The van der Waals surface area contributed by atoms with Crippen LogP contribution in [0.2, 0.25) is 0 Å². The van der Waals surface area contributed by atoms with Gasteiger partial charge in [-0.15, -0.1) is 24.0 Å². The van der Waals surface area contributed by atoms with Crippen LogP contribution in [-0.2, 0) is 19.4 Å². The van der Waals surface area contributed by atoms with E-state index in [0.29, 0.717) is 12.5 Å². The minimum absolute atomic E-state index is 0. The molecule has 0 radical (unpaired) electrons. The minimum Gasteiger partial charge on any atom is -0.378 e. The van der Waals surface area contributed by atoms with Gasteiger partial charge in [0.2, 0.25) is 0 Å². The molecule has 0 saturated carbocycles. The molecule has 5 heteroatoms. The van der Waals surface area contributed by atoms with Gasteiger partial charge in [-0.1, -0.05) is 24.3 Å². The summed E-state index contributed by atoms with van der Waals surface area (Å²) < 4.78 is 0. The van der Waals surface area contributed by atoms with E-state index < -0.39 is 0 Å². The lowest BCUT2D eigenvalue weighted by Gasteiger charge is -2.19. The van der Waals surface area contributed by atoms with Crippen molar-refractivity contribution >= 4 is 41.3 Å². The molecule has 2 aromatic carbocycles. The van der Waals surface area contributed by atoms with E-state index >= 15 is 0 Å². The van der Waals surface area contributed by atoms with Crippen molar-refractivity contribution in [1.29, 1.82) is 0 Å². The average molecular weight is 450 g/mol. The van der Waals surface area contributed by atoms with E-state index in [1.54, 1.807) is 0 Å². The molecule has 3 N–H and O–H groups in total. The van der Waals surface area contributed by atoms with E-state index in [1.807, 2.05) is 14.1 Å². The van der Waals surface area contributed by atoms with Crippen molar-refractivity contribution in [3.63, 3.8) is 0 Å². The van der Waals surface area contributed by atoms with Crippen LogP contribution in [-0.4, -0.2) is 20.1 Å². The summed E-state index contributed by atoms with van der Waals surface area (Å²) in [5, 5.41) is 3.29. The number of benzene rings is 2. The third kappa shape index (κ3) is 5.11. The Morgan fingerprint density at radius 1 is 1.08 bits per heavy atom. The Kier molecular flexibility index (Phi) is 7.11. The van der Waals surface area contributed by atoms with E-state index in [4.69, 9.17) is 5.73 Å². The fourth-order valence-electron chi connectivity index (χ4n) is 3.15. The van der Waals surface area contributed by atoms with Crippen LogP contribution < -0.4 is 16.0 Å². The van der Waals surface area contributed by atoms with Gasteiger partial charge in [-0.2, -0.15) is 0 Å². The number of nitrogens with zero attached hydrogens (tertiary/aromatic N) is 2. The van der Waals surface area contributed by atoms with Crippen LogP contribution in [0.15, 0.2) is 47.5 Å². The summed E-state index contributed by atoms with van der Waals surface area (Å²) in [5.41, 5.74) is 12.4. The molecule has 1 aliphatic rings. The molecule has 0 spiro atoms. The first-order chi connectivity index (χ1) is 11.6. The quantitative estimate of drug-likeness (QED) is 0.418. The monoisotopic (exact) mass is 450 g/mol. The summed E-state index contributed by atoms with van der Waals surface area (Å²) in [6, 6.07) is 14.8. The normalized spacial score (nSPS) is 13.6. The highest BCUT2D eigenvalue weighted by molar-refractivity contribution is 14.0. The average Bonchev–Trinajstić information content (AvgIpc) is 2.61. The van der Waals surface area contributed by atoms with Gasteiger partial charge >= 0.3 is 0 Å². The molecule has 0 aromatic heterocycles. The number of aryl methyl sites for hydroxylation is 1. The van der Waals surface area contributed by atoms with Crippen molar-refractivity contribution in [3.05, 3.63) is 59.2 Å². The lowest BCUT2D eigenvalue weighted by Crippen LogP contribution is -2.24. The number of anilines is 2. The summed E-state index contributed by atoms with van der Waals surface area (Å²) in [7, 11) is 4.07. The second kappa shape index (κ2) is 9.08. The van der Waals surface area contributed by atoms with Gasteiger partial charge in [0.05, 0.1) is 6.54 Å². The molecule has 0 atom stereocenters. The fourth-order valence-corrected chi connectivity index (χ4v) is 3.15. The Morgan fingerprint density at radius 2 is 1.80 bits per heavy atom. The Hall–Kier alpha value is -1.76. The van der Waals surface area contributed by atoms with Crippen molar-refractivity contribution < 1.29 is 0 Å². The van der Waals surface area contributed by atoms with E-state index in [-0.39, 0.29) is 24.0 Å². The number of rotatable bonds is 4. The third-order valence-electron chi connectivity index (χ3n) is 4.54. The molecule has 0 unspecified atom stereocenters. The second-order valence-electron chi connectivity index (χ2n) is 6.54. The zero-order chi connectivity index (χ0) is 16.9. The van der Waals surface area contributed by atoms with Crippen LogP contribution in [0.1, 0.15) is 29.5 Å². The van der Waals surface area contributed by atoms with Gasteiger partial charge in [-0.3, -0.25) is 0 Å². The maximum atomic E-state index is 6.10. The maximum absolute atomic E-state index is 6.10. The highest BCUT2D eigenvalue weighted by Crippen LogP contribution is 2.27. The molecule has 0 saturated heterocycles. The first kappa shape index (κ1) is 19.6. The summed E-state index contributed by atoms with van der Waals surface area (Å²) >= 11 is 0. The number of nitrogens with one attached hydrogen (secondary N) is 1. The summed E-state index contributed by atoms with van der Waals surface area (Å²) in [6.45, 7) is 0.585. The largest absolute Gasteiger partial charge is 0.378 e. The highest BCUT2D eigenvalue weighted by Gasteiger charge is 2.13. The van der Waals surface area contributed by atoms with E-state index in [2.05, 4.69) is 57.7 Å². The minimum atomic E-state index is 0. The van der Waals surface area contributed by atoms with Crippen molar-refractivity contribution in [2.45, 2.75) is 32.2 Å². The van der Waals surface area contributed by atoms with Crippen LogP contribution in [0.4, 0.5) is 11.4 Å². The smallest absolute Gasteiger partial charge is 0.193 e. The number of halogens is 1. The van der Waals surface area contributed by atoms with E-state index in [1.165, 1.54) is 36.1 Å². The van der Waals surface area contributed by atoms with Crippen LogP contribution in [0.3, 0.4) is 0 Å². The van der Waals surface area contributed by atoms with Gasteiger partial charge < -0.3 is 16.0 Å². The molecule has 0 fully saturated rings. The molecular weight excluding hydrogens is 423 g/mol. The predicted molar refractivity (Wildman–Crippen MR) is 118 cm³/mol. The molecule has 25 heavy (non-hydrogen) atoms. The molecule has 0 heterocycles. The standard InChI is InChI=1S/C20H26N4.HI/c1-24(2)17-12-10-15(11-13-17)14-22-20(21)23-19-9-5-7-16-6-3-4-8-18(16)19;/h5,7,9-13H,3-4,6,8,14H2,1-2H3,(H3,21,22,23);1H. The van der Waals surface area contributed by atoms with Gasteiger partial charge in [0.1, 0.15) is 0 Å². The van der Waals surface area contributed by atoms with Crippen molar-refractivity contribution in [3.8, 4) is 0 Å². The van der Waals surface area contributed by atoms with Gasteiger partial charge in [-0.25, -0.2) is 4.99 Å². The fraction of sp³-hybridized carbons (Fsp3) is 0.350. The molecule has 0 amide bonds. The summed E-state index contributed by atoms with van der Waals surface area (Å²) in [5.74, 6) is 0.477. The molecule has 0 bridgehead atoms. The van der Waals surface area contributed by atoms with Crippen molar-refractivity contribution in [2.24, 2.45) is 10.7 Å². The number of guanidine groups is 1. The number of fused-ring (bicyclic) bond motifs is 1. The topological polar surface area (TPSA) is 53.6 Å². The summed E-state index contributed by atoms with van der Waals surface area (Å²) in [4.78, 5) is 6.57.